The van der Waals surface area contributed by atoms with Gasteiger partial charge in [0.2, 0.25) is 5.91 Å². The number of unbranched alkanes of at least 4 members (excludes halogenated alkanes) is 13. The second-order valence-electron chi connectivity index (χ2n) is 12.1. The molecule has 0 aliphatic heterocycles. The second-order valence-corrected chi connectivity index (χ2v) is 12.1. The van der Waals surface area contributed by atoms with Crippen molar-refractivity contribution in [2.24, 2.45) is 11.7 Å². The normalized spacial score (nSPS) is 12.4. The third kappa shape index (κ3) is 30.9. The molecule has 0 fully saturated rings. The van der Waals surface area contributed by atoms with Gasteiger partial charge in [-0.1, -0.05) is 77.0 Å². The number of ketones is 1. The zero-order chi connectivity index (χ0) is 35.5. The van der Waals surface area contributed by atoms with Crippen LogP contribution in [0.1, 0.15) is 122 Å². The van der Waals surface area contributed by atoms with E-state index in [-0.39, 0.29) is 32.0 Å². The van der Waals surface area contributed by atoms with E-state index >= 15 is 0 Å². The number of carboxylic acids is 2. The first-order chi connectivity index (χ1) is 23.3. The Labute approximate surface area is 287 Å². The van der Waals surface area contributed by atoms with E-state index < -0.39 is 29.7 Å². The number of aldehydes is 1. The van der Waals surface area contributed by atoms with E-state index in [2.05, 4.69) is 5.32 Å². The number of carboxylic acid groups (broad SMARTS) is 2. The maximum absolute atomic E-state index is 12.1. The molecule has 13 heteroatoms. The van der Waals surface area contributed by atoms with Gasteiger partial charge in [0.05, 0.1) is 52.2 Å². The summed E-state index contributed by atoms with van der Waals surface area (Å²) in [6.07, 6.45) is 18.2. The molecule has 2 atom stereocenters. The molecule has 1 amide bonds. The van der Waals surface area contributed by atoms with Crippen LogP contribution in [0.2, 0.25) is 0 Å². The van der Waals surface area contributed by atoms with Gasteiger partial charge in [-0.2, -0.15) is 0 Å². The highest BCUT2D eigenvalue weighted by atomic mass is 16.6. The monoisotopic (exact) mass is 688 g/mol. The Morgan fingerprint density at radius 3 is 1.42 bits per heavy atom. The number of hydrogen-bond acceptors (Lipinski definition) is 10. The Morgan fingerprint density at radius 1 is 0.562 bits per heavy atom. The highest BCUT2D eigenvalue weighted by Gasteiger charge is 2.29. The first kappa shape index (κ1) is 45.6. The predicted molar refractivity (Wildman–Crippen MR) is 182 cm³/mol. The van der Waals surface area contributed by atoms with Crippen molar-refractivity contribution in [2.75, 3.05) is 59.4 Å². The number of aliphatic carboxylic acids is 2. The van der Waals surface area contributed by atoms with Crippen LogP contribution in [0.25, 0.3) is 0 Å². The lowest BCUT2D eigenvalue weighted by Gasteiger charge is -2.17. The molecule has 0 rings (SSSR count). The Balaban J connectivity index is 3.34. The first-order valence-electron chi connectivity index (χ1n) is 18.0. The van der Waals surface area contributed by atoms with Crippen molar-refractivity contribution < 1.29 is 53.1 Å². The number of amides is 1. The minimum atomic E-state index is -1.41. The molecule has 0 heterocycles. The summed E-state index contributed by atoms with van der Waals surface area (Å²) in [6.45, 7) is 3.50. The molecule has 0 aromatic heterocycles. The average molecular weight is 689 g/mol. The van der Waals surface area contributed by atoms with Crippen molar-refractivity contribution >= 4 is 29.9 Å². The van der Waals surface area contributed by atoms with Crippen LogP contribution in [0.3, 0.4) is 0 Å². The van der Waals surface area contributed by atoms with Crippen LogP contribution in [-0.2, 0) is 42.9 Å². The fourth-order valence-electron chi connectivity index (χ4n) is 5.05. The summed E-state index contributed by atoms with van der Waals surface area (Å²) >= 11 is 0. The lowest BCUT2D eigenvalue weighted by atomic mass is 9.91. The van der Waals surface area contributed by atoms with Gasteiger partial charge in [-0.05, 0) is 19.3 Å². The molecule has 0 saturated heterocycles. The van der Waals surface area contributed by atoms with Crippen molar-refractivity contribution in [3.05, 3.63) is 0 Å². The number of Topliss-reactive ketones (excluding diaryl/α,β-unsaturated/α-hetero) is 1. The fraction of sp³-hybridized carbons (Fsp3) is 0.857. The van der Waals surface area contributed by atoms with Crippen LogP contribution in [0.15, 0.2) is 0 Å². The van der Waals surface area contributed by atoms with E-state index in [1.165, 1.54) is 57.8 Å². The number of hydrogen-bond donors (Lipinski definition) is 4. The van der Waals surface area contributed by atoms with Gasteiger partial charge < -0.3 is 45.0 Å². The smallest absolute Gasteiger partial charge is 0.321 e. The standard InChI is InChI=1S/C35H64N2O11/c36-34(35(43)44)30(18-21-38)31(39)19-23-46-25-27-48-29-28-47-26-24-45-22-15-20-37-32(40)16-13-11-9-7-5-3-1-2-4-6-8-10-12-14-17-33(41)42/h21,30,34H,1-20,22-29,36H2,(H,37,40)(H,41,42)(H,43,44)/t30?,34-/m0/s1. The summed E-state index contributed by atoms with van der Waals surface area (Å²) in [6, 6.07) is -1.41. The minimum absolute atomic E-state index is 0.0272. The lowest BCUT2D eigenvalue weighted by Crippen LogP contribution is -2.42. The number of carbonyl (C=O) groups is 5. The van der Waals surface area contributed by atoms with Crippen LogP contribution in [0.4, 0.5) is 0 Å². The van der Waals surface area contributed by atoms with Gasteiger partial charge in [0, 0.05) is 38.8 Å². The minimum Gasteiger partial charge on any atom is -0.481 e. The zero-order valence-electron chi connectivity index (χ0n) is 29.2. The number of nitrogens with two attached hydrogens (primary N) is 1. The van der Waals surface area contributed by atoms with Gasteiger partial charge >= 0.3 is 11.9 Å². The maximum Gasteiger partial charge on any atom is 0.321 e. The van der Waals surface area contributed by atoms with Crippen molar-refractivity contribution in [3.63, 3.8) is 0 Å². The largest absolute Gasteiger partial charge is 0.481 e. The third-order valence-corrected chi connectivity index (χ3v) is 7.92. The molecule has 5 N–H and O–H groups in total. The van der Waals surface area contributed by atoms with Gasteiger partial charge in [0.15, 0.2) is 0 Å². The first-order valence-corrected chi connectivity index (χ1v) is 18.0. The number of carbonyl (C=O) groups excluding carboxylic acids is 3. The lowest BCUT2D eigenvalue weighted by molar-refractivity contribution is -0.143. The summed E-state index contributed by atoms with van der Waals surface area (Å²) in [5, 5.41) is 20.5. The molecule has 0 radical (unpaired) electrons. The molecule has 280 valence electrons. The Morgan fingerprint density at radius 2 is 0.979 bits per heavy atom. The molecule has 0 aromatic rings. The van der Waals surface area contributed by atoms with E-state index in [1.807, 2.05) is 0 Å². The molecule has 13 nitrogen and oxygen atoms in total. The van der Waals surface area contributed by atoms with Crippen LogP contribution in [0.5, 0.6) is 0 Å². The molecular weight excluding hydrogens is 624 g/mol. The van der Waals surface area contributed by atoms with E-state index in [0.29, 0.717) is 65.3 Å². The number of nitrogens with one attached hydrogen (secondary N) is 1. The molecule has 1 unspecified atom stereocenters. The van der Waals surface area contributed by atoms with Crippen LogP contribution in [-0.4, -0.2) is 106 Å². The summed E-state index contributed by atoms with van der Waals surface area (Å²) in [5.74, 6) is -3.38. The van der Waals surface area contributed by atoms with E-state index in [1.54, 1.807) is 0 Å². The van der Waals surface area contributed by atoms with Crippen LogP contribution in [0, 0.1) is 5.92 Å². The molecule has 0 aromatic carbocycles. The Hall–Kier alpha value is -2.45. The topological polar surface area (TPSA) is 201 Å². The van der Waals surface area contributed by atoms with Gasteiger partial charge in [-0.15, -0.1) is 0 Å². The predicted octanol–water partition coefficient (Wildman–Crippen LogP) is 4.46. The third-order valence-electron chi connectivity index (χ3n) is 7.92. The summed E-state index contributed by atoms with van der Waals surface area (Å²) < 4.78 is 21.7. The van der Waals surface area contributed by atoms with Gasteiger partial charge in [0.25, 0.3) is 0 Å². The van der Waals surface area contributed by atoms with Crippen LogP contribution < -0.4 is 11.1 Å². The number of rotatable bonds is 38. The van der Waals surface area contributed by atoms with E-state index in [9.17, 15) is 24.0 Å². The molecule has 0 spiro atoms. The highest BCUT2D eigenvalue weighted by molar-refractivity contribution is 5.89. The second kappa shape index (κ2) is 34.4. The van der Waals surface area contributed by atoms with E-state index in [4.69, 9.17) is 34.9 Å². The molecule has 0 aliphatic carbocycles. The van der Waals surface area contributed by atoms with Crippen molar-refractivity contribution in [2.45, 2.75) is 128 Å². The quantitative estimate of drug-likeness (QED) is 0.0525. The van der Waals surface area contributed by atoms with E-state index in [0.717, 1.165) is 38.5 Å². The Bertz CT molecular complexity index is 828. The van der Waals surface area contributed by atoms with Crippen molar-refractivity contribution in [1.29, 1.82) is 0 Å². The maximum atomic E-state index is 12.1. The molecule has 48 heavy (non-hydrogen) atoms. The van der Waals surface area contributed by atoms with Gasteiger partial charge in [-0.25, -0.2) is 0 Å². The SMILES string of the molecule is N[C@H](C(=O)O)C(CC=O)C(=O)CCOCCOCCOCCOCCCNC(=O)CCCCCCCCCCCCCCCCC(=O)O. The molecular formula is C35H64N2O11. The molecule has 0 saturated carbocycles. The number of ether oxygens (including phenoxy) is 4. The summed E-state index contributed by atoms with van der Waals surface area (Å²) in [5.41, 5.74) is 5.48. The van der Waals surface area contributed by atoms with Crippen LogP contribution >= 0.6 is 0 Å². The molecule has 0 bridgehead atoms. The van der Waals surface area contributed by atoms with Crippen molar-refractivity contribution in [1.82, 2.24) is 5.32 Å². The zero-order valence-corrected chi connectivity index (χ0v) is 29.2. The summed E-state index contributed by atoms with van der Waals surface area (Å²) in [4.78, 5) is 56.2. The van der Waals surface area contributed by atoms with Gasteiger partial charge in [-0.3, -0.25) is 19.2 Å². The highest BCUT2D eigenvalue weighted by Crippen LogP contribution is 2.14. The van der Waals surface area contributed by atoms with Gasteiger partial charge in [0.1, 0.15) is 18.1 Å². The van der Waals surface area contributed by atoms with Crippen molar-refractivity contribution in [3.8, 4) is 0 Å². The summed E-state index contributed by atoms with van der Waals surface area (Å²) in [7, 11) is 0. The molecule has 0 aliphatic rings. The average Bonchev–Trinajstić information content (AvgIpc) is 3.06. The fourth-order valence-corrected chi connectivity index (χ4v) is 5.05. The Kier molecular flexibility index (Phi) is 32.7.